The highest BCUT2D eigenvalue weighted by molar-refractivity contribution is 2.23. The molecule has 800 valence electrons. The molecule has 0 aliphatic rings. The molecule has 0 spiro atoms. The van der Waals surface area contributed by atoms with Gasteiger partial charge in [0.25, 0.3) is 0 Å². The average molecular weight is 1710 g/mol. The second-order valence-electron chi connectivity index (χ2n) is 0. The lowest BCUT2D eigenvalue weighted by Gasteiger charge is -0.413. The zero-order valence-electron chi connectivity index (χ0n) is 70.1. The maximum Gasteiger partial charge on any atom is -0.344 e. The van der Waals surface area contributed by atoms with Gasteiger partial charge in [-0.2, -0.15) is 0 Å². The minimum atomic E-state index is 0. The van der Waals surface area contributed by atoms with E-state index in [1.54, 1.807) is 0 Å². The van der Waals surface area contributed by atoms with Crippen molar-refractivity contribution in [1.29, 1.82) is 0 Å². The second kappa shape index (κ2) is 52500. The van der Waals surface area contributed by atoms with E-state index in [1.165, 1.54) is 0 Å². The van der Waals surface area contributed by atoms with E-state index >= 15 is 0 Å². The summed E-state index contributed by atoms with van der Waals surface area (Å²) < 4.78 is 0. The van der Waals surface area contributed by atoms with E-state index in [0.717, 1.165) is 0 Å². The molecule has 0 aromatic heterocycles. The van der Waals surface area contributed by atoms with Gasteiger partial charge in [-0.15, -0.1) is 0 Å². The number of hydrogen-bond donors (Lipinski definition) is 97. The summed E-state index contributed by atoms with van der Waals surface area (Å²) in [6, 6.07) is 0. The molecule has 0 saturated carbocycles. The molecule has 100 heteroatoms. The first-order chi connectivity index (χ1) is 0. The lowest BCUT2D eigenvalue weighted by atomic mass is 14.0. The summed E-state index contributed by atoms with van der Waals surface area (Å²) in [6.45, 7) is 0. The van der Waals surface area contributed by atoms with Crippen LogP contribution in [0.5, 0.6) is 0 Å². The SMILES string of the molecule is N.N.N.N.N.N.N.N.N.N.N.N.N.N.N.N.N.N.N.N.N.N.N.N.N.N.N.N.N.N.N.N.N.N.N.N.N.N.N.N.N.N.N.N.N.N.N.N.N.N.N.N.N.N.N.N.N.N.N.N.N.N.N.N.N.N.N.N.N.N.N.N.N.N.N.N.N.N.N.N.N.N.N.N.N.N.N.N.N.N.N.N.N.N.N.N.N.O.O.O. The van der Waals surface area contributed by atoms with Gasteiger partial charge in [0.1, 0.15) is 0 Å². The van der Waals surface area contributed by atoms with Gasteiger partial charge in [0.15, 0.2) is 0 Å². The summed E-state index contributed by atoms with van der Waals surface area (Å²) in [5.41, 5.74) is 0. The van der Waals surface area contributed by atoms with Gasteiger partial charge >= 0.3 is 0 Å². The highest BCUT2D eigenvalue weighted by Gasteiger charge is -0.246. The van der Waals surface area contributed by atoms with Gasteiger partial charge in [0.05, 0.1) is 0 Å². The molecule has 0 radical (unpaired) electrons. The van der Waals surface area contributed by atoms with Gasteiger partial charge in [-0.1, -0.05) is 0 Å². The van der Waals surface area contributed by atoms with Crippen LogP contribution in [0.1, 0.15) is 0 Å². The molecule has 0 bridgehead atoms. The van der Waals surface area contributed by atoms with Gasteiger partial charge in [-0.25, -0.2) is 0 Å². The molecule has 0 aromatic carbocycles. The molecule has 100 nitrogen and oxygen atoms in total. The van der Waals surface area contributed by atoms with Crippen molar-refractivity contribution in [2.45, 2.75) is 0 Å². The maximum absolute atomic E-state index is 0. The summed E-state index contributed by atoms with van der Waals surface area (Å²) in [7, 11) is 0. The fourth-order valence-corrected chi connectivity index (χ4v) is 0. The Morgan fingerprint density at radius 1 is 0.0200 bits per heavy atom. The Morgan fingerprint density at radius 3 is 0.0200 bits per heavy atom. The standard InChI is InChI=1S/97H3N.3H2O/h97*1H3;3*1H2. The first-order valence-electron chi connectivity index (χ1n) is 0. The Bertz CT molecular complexity index is 19.4. The molecule has 0 rings (SSSR count). The van der Waals surface area contributed by atoms with E-state index in [2.05, 4.69) is 0 Å². The maximum atomic E-state index is 0. The van der Waals surface area contributed by atoms with Crippen LogP contribution in [0.25, 0.3) is 0 Å². The topological polar surface area (TPSA) is 3490 Å². The van der Waals surface area contributed by atoms with Crippen LogP contribution in [0, 0.1) is 0 Å². The van der Waals surface area contributed by atoms with Crippen molar-refractivity contribution in [3.8, 4) is 0 Å². The minimum Gasteiger partial charge on any atom is -0.412 e. The third-order valence-electron chi connectivity index (χ3n) is 0. The van der Waals surface area contributed by atoms with Gasteiger partial charge in [-0.3, -0.25) is 0 Å². The Labute approximate surface area is 613 Å². The quantitative estimate of drug-likeness (QED) is 0.107. The summed E-state index contributed by atoms with van der Waals surface area (Å²) >= 11 is 0. The van der Waals surface area contributed by atoms with Crippen molar-refractivity contribution < 1.29 is 16.4 Å². The Balaban J connectivity index is 0. The Kier molecular flexibility index (Phi) is 28400000. The van der Waals surface area contributed by atoms with Crippen LogP contribution in [0.15, 0.2) is 0 Å². The molecule has 0 aliphatic carbocycles. The minimum absolute atomic E-state index is 0. The van der Waals surface area contributed by atoms with E-state index in [0.29, 0.717) is 0 Å². The molecule has 0 fully saturated rings. The van der Waals surface area contributed by atoms with Crippen molar-refractivity contribution in [2.75, 3.05) is 0 Å². The zero-order valence-corrected chi connectivity index (χ0v) is 70.1. The number of hydrogen-bond acceptors (Lipinski definition) is 97. The van der Waals surface area contributed by atoms with Crippen molar-refractivity contribution in [3.63, 3.8) is 0 Å². The van der Waals surface area contributed by atoms with Crippen molar-refractivity contribution in [1.82, 2.24) is 597 Å². The predicted molar refractivity (Wildman–Crippen MR) is 498 cm³/mol. The van der Waals surface area contributed by atoms with Gasteiger partial charge in [0.2, 0.25) is 0 Å². The molecule has 100 heavy (non-hydrogen) atoms. The van der Waals surface area contributed by atoms with Crippen LogP contribution in [0.4, 0.5) is 0 Å². The van der Waals surface area contributed by atoms with E-state index in [-0.39, 0.29) is 613 Å². The smallest absolute Gasteiger partial charge is 0.344 e. The summed E-state index contributed by atoms with van der Waals surface area (Å²) in [5, 5.41) is 0. The van der Waals surface area contributed by atoms with Gasteiger partial charge in [0, 0.05) is 0 Å². The van der Waals surface area contributed by atoms with Crippen LogP contribution < -0.4 is 597 Å². The first kappa shape index (κ1) is 54100. The van der Waals surface area contributed by atoms with Gasteiger partial charge < -0.3 is 613 Å². The highest BCUT2D eigenvalue weighted by Crippen LogP contribution is -0.284. The average Bonchev–Trinajstić information content (AvgIpc) is 0. The largest absolute Gasteiger partial charge is 0.412 e. The van der Waals surface area contributed by atoms with E-state index < -0.39 is 0 Å². The lowest BCUT2D eigenvalue weighted by molar-refractivity contribution is 0.823. The molecule has 0 aliphatic heterocycles. The summed E-state index contributed by atoms with van der Waals surface area (Å²) in [5.74, 6) is 0. The molecular formula is H297N97O3. The molecule has 297 N–H and O–H groups in total. The van der Waals surface area contributed by atoms with Crippen LogP contribution in [0.2, 0.25) is 0 Å². The fraction of sp³-hybridized carbons (Fsp3) is 0. The van der Waals surface area contributed by atoms with Crippen molar-refractivity contribution in [3.05, 3.63) is 0 Å². The second-order valence-corrected chi connectivity index (χ2v) is 0. The lowest BCUT2D eigenvalue weighted by Crippen LogP contribution is -0.482. The molecule has 0 atom stereocenters. The monoisotopic (exact) mass is 1710 g/mol. The van der Waals surface area contributed by atoms with E-state index in [9.17, 15) is 0 Å². The summed E-state index contributed by atoms with van der Waals surface area (Å²) in [6.07, 6.45) is 0. The van der Waals surface area contributed by atoms with Crippen molar-refractivity contribution >= 4 is 0 Å². The molecule has 0 heterocycles. The fourth-order valence-electron chi connectivity index (χ4n) is 0. The molecular weight excluding hydrogens is 1410 g/mol. The molecule has 0 unspecified atom stereocenters. The van der Waals surface area contributed by atoms with Crippen LogP contribution in [-0.2, 0) is 0 Å². The predicted octanol–water partition coefficient (Wildman–Crippen LogP) is 13.2. The van der Waals surface area contributed by atoms with E-state index in [1.807, 2.05) is 0 Å². The van der Waals surface area contributed by atoms with Crippen LogP contribution >= 0.6 is 0 Å². The van der Waals surface area contributed by atoms with Crippen LogP contribution in [0.3, 0.4) is 0 Å². The molecule has 0 aromatic rings. The highest BCUT2D eigenvalue weighted by atomic mass is 16.0. The third-order valence-corrected chi connectivity index (χ3v) is 0. The van der Waals surface area contributed by atoms with Gasteiger partial charge in [-0.05, 0) is 0 Å². The normalized spacial score (nSPS) is 0. The van der Waals surface area contributed by atoms with E-state index in [4.69, 9.17) is 0 Å². The summed E-state index contributed by atoms with van der Waals surface area (Å²) in [4.78, 5) is 0. The molecule has 0 saturated heterocycles. The third kappa shape index (κ3) is 50800. The Hall–Kier alpha value is -4.00. The zero-order chi connectivity index (χ0) is 0. The molecule has 0 amide bonds. The van der Waals surface area contributed by atoms with Crippen LogP contribution in [-0.4, -0.2) is 16.4 Å². The van der Waals surface area contributed by atoms with Crippen molar-refractivity contribution in [2.24, 2.45) is 0 Å². The number of rotatable bonds is 0. The Morgan fingerprint density at radius 2 is 0.0200 bits per heavy atom. The first-order valence-corrected chi connectivity index (χ1v) is 0.